The summed E-state index contributed by atoms with van der Waals surface area (Å²) in [6.07, 6.45) is 13.8. The molecule has 0 aliphatic heterocycles. The Balaban J connectivity index is 1.66. The minimum Gasteiger partial charge on any atom is -0.395 e. The minimum atomic E-state index is -0.204. The smallest absolute Gasteiger partial charge is 0.156 e. The summed E-state index contributed by atoms with van der Waals surface area (Å²) in [5.41, 5.74) is 1.28. The third-order valence-corrected chi connectivity index (χ3v) is 8.56. The predicted octanol–water partition coefficient (Wildman–Crippen LogP) is 4.52. The number of carbonyl (C=O) groups excluding carboxylic acids is 1. The van der Waals surface area contributed by atoms with Crippen LogP contribution in [0.2, 0.25) is 0 Å². The number of hydrogen-bond acceptors (Lipinski definition) is 2. The number of fused-ring (bicyclic) bond motifs is 5. The van der Waals surface area contributed by atoms with Crippen molar-refractivity contribution in [3.8, 4) is 0 Å². The second-order valence-corrected chi connectivity index (χ2v) is 9.17. The molecular weight excluding hydrogens is 284 g/mol. The number of carbonyl (C=O) groups is 1. The molecule has 3 fully saturated rings. The van der Waals surface area contributed by atoms with E-state index in [9.17, 15) is 9.90 Å². The van der Waals surface area contributed by atoms with E-state index in [-0.39, 0.29) is 17.8 Å². The molecule has 2 nitrogen and oxygen atoms in total. The zero-order chi connectivity index (χ0) is 16.2. The average molecular weight is 316 g/mol. The fraction of sp³-hybridized carbons (Fsp3) is 0.857. The minimum absolute atomic E-state index is 0.173. The van der Waals surface area contributed by atoms with Crippen LogP contribution in [0.25, 0.3) is 0 Å². The first kappa shape index (κ1) is 15.9. The number of Topliss-reactive ketones (excluding diaryl/α,β-unsaturated/α-hetero) is 1. The van der Waals surface area contributed by atoms with Crippen molar-refractivity contribution in [3.05, 3.63) is 11.6 Å². The quantitative estimate of drug-likeness (QED) is 0.813. The molecule has 0 radical (unpaired) electrons. The third-order valence-electron chi connectivity index (χ3n) is 8.56. The summed E-state index contributed by atoms with van der Waals surface area (Å²) >= 11 is 0. The number of ketones is 1. The first-order valence-electron chi connectivity index (χ1n) is 9.85. The van der Waals surface area contributed by atoms with Crippen LogP contribution in [0.15, 0.2) is 11.6 Å². The molecule has 6 atom stereocenters. The SMILES string of the molecule is CC(=O)C1=CC[C@H]2[C@@H]3CCC4CCCC[C@]4(C)[C@H]3CC[C@]12CO. The Hall–Kier alpha value is -0.630. The van der Waals surface area contributed by atoms with Gasteiger partial charge in [-0.15, -0.1) is 0 Å². The van der Waals surface area contributed by atoms with Crippen LogP contribution in [-0.4, -0.2) is 17.5 Å². The Morgan fingerprint density at radius 1 is 1.17 bits per heavy atom. The molecule has 0 aromatic carbocycles. The van der Waals surface area contributed by atoms with E-state index in [0.29, 0.717) is 11.3 Å². The van der Waals surface area contributed by atoms with Gasteiger partial charge in [0.1, 0.15) is 0 Å². The molecule has 4 aliphatic carbocycles. The number of rotatable bonds is 2. The van der Waals surface area contributed by atoms with Crippen molar-refractivity contribution in [2.24, 2.45) is 34.5 Å². The van der Waals surface area contributed by atoms with Crippen LogP contribution in [0.3, 0.4) is 0 Å². The van der Waals surface area contributed by atoms with E-state index in [1.165, 1.54) is 44.9 Å². The molecule has 0 bridgehead atoms. The molecule has 1 unspecified atom stereocenters. The summed E-state index contributed by atoms with van der Waals surface area (Å²) in [4.78, 5) is 12.1. The fourth-order valence-corrected chi connectivity index (χ4v) is 7.47. The highest BCUT2D eigenvalue weighted by atomic mass is 16.3. The average Bonchev–Trinajstić information content (AvgIpc) is 2.94. The van der Waals surface area contributed by atoms with Gasteiger partial charge in [0.15, 0.2) is 5.78 Å². The Bertz CT molecular complexity index is 536. The molecule has 1 N–H and O–H groups in total. The van der Waals surface area contributed by atoms with Crippen molar-refractivity contribution >= 4 is 5.78 Å². The molecule has 23 heavy (non-hydrogen) atoms. The molecule has 0 amide bonds. The maximum absolute atomic E-state index is 12.1. The molecule has 4 rings (SSSR count). The lowest BCUT2D eigenvalue weighted by atomic mass is 9.44. The van der Waals surface area contributed by atoms with Gasteiger partial charge in [0.2, 0.25) is 0 Å². The summed E-state index contributed by atoms with van der Waals surface area (Å²) in [5, 5.41) is 10.3. The molecule has 3 saturated carbocycles. The zero-order valence-corrected chi connectivity index (χ0v) is 14.8. The molecule has 0 saturated heterocycles. The van der Waals surface area contributed by atoms with Gasteiger partial charge in [-0.05, 0) is 86.5 Å². The van der Waals surface area contributed by atoms with Crippen LogP contribution in [0.1, 0.15) is 71.6 Å². The maximum Gasteiger partial charge on any atom is 0.156 e. The Labute approximate surface area is 140 Å². The van der Waals surface area contributed by atoms with Gasteiger partial charge in [-0.1, -0.05) is 25.8 Å². The number of allylic oxidation sites excluding steroid dienone is 1. The highest BCUT2D eigenvalue weighted by Crippen LogP contribution is 2.66. The van der Waals surface area contributed by atoms with Crippen LogP contribution in [-0.2, 0) is 4.79 Å². The van der Waals surface area contributed by atoms with E-state index in [4.69, 9.17) is 0 Å². The molecule has 0 aromatic rings. The first-order valence-corrected chi connectivity index (χ1v) is 9.85. The molecule has 2 heteroatoms. The van der Waals surface area contributed by atoms with E-state index >= 15 is 0 Å². The van der Waals surface area contributed by atoms with Crippen molar-refractivity contribution in [1.82, 2.24) is 0 Å². The van der Waals surface area contributed by atoms with Crippen LogP contribution in [0.4, 0.5) is 0 Å². The summed E-state index contributed by atoms with van der Waals surface area (Å²) in [7, 11) is 0. The topological polar surface area (TPSA) is 37.3 Å². The lowest BCUT2D eigenvalue weighted by molar-refractivity contribution is -0.124. The maximum atomic E-state index is 12.1. The van der Waals surface area contributed by atoms with E-state index < -0.39 is 0 Å². The Morgan fingerprint density at radius 3 is 2.74 bits per heavy atom. The highest BCUT2D eigenvalue weighted by Gasteiger charge is 2.59. The van der Waals surface area contributed by atoms with Gasteiger partial charge in [0, 0.05) is 5.41 Å². The van der Waals surface area contributed by atoms with E-state index in [2.05, 4.69) is 13.0 Å². The van der Waals surface area contributed by atoms with Gasteiger partial charge in [-0.25, -0.2) is 0 Å². The van der Waals surface area contributed by atoms with Gasteiger partial charge in [0.05, 0.1) is 6.61 Å². The molecule has 0 heterocycles. The number of aliphatic hydroxyl groups excluding tert-OH is 1. The van der Waals surface area contributed by atoms with Crippen LogP contribution < -0.4 is 0 Å². The van der Waals surface area contributed by atoms with Crippen molar-refractivity contribution < 1.29 is 9.90 Å². The van der Waals surface area contributed by atoms with Gasteiger partial charge < -0.3 is 5.11 Å². The number of hydrogen-bond donors (Lipinski definition) is 1. The second-order valence-electron chi connectivity index (χ2n) is 9.17. The molecule has 4 aliphatic rings. The monoisotopic (exact) mass is 316 g/mol. The number of aliphatic hydroxyl groups is 1. The van der Waals surface area contributed by atoms with E-state index in [1.807, 2.05) is 0 Å². The molecule has 128 valence electrons. The zero-order valence-electron chi connectivity index (χ0n) is 14.8. The van der Waals surface area contributed by atoms with Crippen LogP contribution in [0, 0.1) is 34.5 Å². The summed E-state index contributed by atoms with van der Waals surface area (Å²) in [5.74, 6) is 3.19. The first-order chi connectivity index (χ1) is 11.0. The van der Waals surface area contributed by atoms with Gasteiger partial charge in [-0.3, -0.25) is 4.79 Å². The lowest BCUT2D eigenvalue weighted by Gasteiger charge is -2.60. The standard InChI is InChI=1S/C21H32O2/c1-14(23)17-8-9-19-16-7-6-15-5-3-4-11-20(15,2)18(16)10-12-21(17,19)13-22/h8,15-16,18-19,22H,3-7,9-13H2,1-2H3/t15?,16-,18+,19+,20+,21+/m1/s1. The largest absolute Gasteiger partial charge is 0.395 e. The summed E-state index contributed by atoms with van der Waals surface area (Å²) in [6.45, 7) is 4.44. The van der Waals surface area contributed by atoms with Crippen molar-refractivity contribution in [2.75, 3.05) is 6.61 Å². The predicted molar refractivity (Wildman–Crippen MR) is 91.9 cm³/mol. The van der Waals surface area contributed by atoms with Crippen LogP contribution >= 0.6 is 0 Å². The second kappa shape index (κ2) is 5.44. The van der Waals surface area contributed by atoms with Crippen molar-refractivity contribution in [1.29, 1.82) is 0 Å². The van der Waals surface area contributed by atoms with E-state index in [0.717, 1.165) is 36.2 Å². The lowest BCUT2D eigenvalue weighted by Crippen LogP contribution is -2.54. The highest BCUT2D eigenvalue weighted by molar-refractivity contribution is 5.95. The fourth-order valence-electron chi connectivity index (χ4n) is 7.47. The third kappa shape index (κ3) is 2.06. The molecule has 0 spiro atoms. The molecular formula is C21H32O2. The Morgan fingerprint density at radius 2 is 2.00 bits per heavy atom. The normalized spacial score (nSPS) is 48.9. The Kier molecular flexibility index (Phi) is 3.75. The molecule has 0 aromatic heterocycles. The van der Waals surface area contributed by atoms with Gasteiger partial charge in [0.25, 0.3) is 0 Å². The van der Waals surface area contributed by atoms with E-state index in [1.54, 1.807) is 6.92 Å². The van der Waals surface area contributed by atoms with Crippen LogP contribution in [0.5, 0.6) is 0 Å². The summed E-state index contributed by atoms with van der Waals surface area (Å²) < 4.78 is 0. The van der Waals surface area contributed by atoms with Gasteiger partial charge >= 0.3 is 0 Å². The van der Waals surface area contributed by atoms with Crippen molar-refractivity contribution in [2.45, 2.75) is 71.6 Å². The summed E-state index contributed by atoms with van der Waals surface area (Å²) in [6, 6.07) is 0. The van der Waals surface area contributed by atoms with Crippen molar-refractivity contribution in [3.63, 3.8) is 0 Å². The van der Waals surface area contributed by atoms with Gasteiger partial charge in [-0.2, -0.15) is 0 Å².